The lowest BCUT2D eigenvalue weighted by Gasteiger charge is -2.42. The summed E-state index contributed by atoms with van der Waals surface area (Å²) < 4.78 is 0. The topological polar surface area (TPSA) is 23.8 Å². The van der Waals surface area contributed by atoms with Gasteiger partial charge >= 0.3 is 0 Å². The van der Waals surface area contributed by atoms with Crippen molar-refractivity contribution in [2.45, 2.75) is 63.7 Å². The molecule has 0 atom stereocenters. The van der Waals surface area contributed by atoms with E-state index in [9.17, 15) is 5.26 Å². The Morgan fingerprint density at radius 3 is 2.25 bits per heavy atom. The fraction of sp³-hybridized carbons (Fsp3) is 0.522. The van der Waals surface area contributed by atoms with Crippen molar-refractivity contribution in [2.24, 2.45) is 11.3 Å². The van der Waals surface area contributed by atoms with E-state index in [0.29, 0.717) is 5.92 Å². The van der Waals surface area contributed by atoms with E-state index >= 15 is 0 Å². The van der Waals surface area contributed by atoms with Crippen molar-refractivity contribution >= 4 is 0 Å². The van der Waals surface area contributed by atoms with Crippen LogP contribution in [0.1, 0.15) is 63.9 Å². The monoisotopic (exact) mass is 319 g/mol. The molecule has 0 radical (unpaired) electrons. The van der Waals surface area contributed by atoms with E-state index in [-0.39, 0.29) is 5.41 Å². The first-order chi connectivity index (χ1) is 11.7. The van der Waals surface area contributed by atoms with Crippen LogP contribution in [0.15, 0.2) is 54.6 Å². The SMILES string of the molecule is CCCCC1(C#N)C=CC(c2ccccc2)(C2CCCCC2)C=C1. The lowest BCUT2D eigenvalue weighted by Crippen LogP contribution is -2.36. The van der Waals surface area contributed by atoms with Gasteiger partial charge in [-0.1, -0.05) is 93.7 Å². The molecular formula is C23H29N. The quantitative estimate of drug-likeness (QED) is 0.582. The predicted molar refractivity (Wildman–Crippen MR) is 101 cm³/mol. The third-order valence-corrected chi connectivity index (χ3v) is 6.02. The minimum atomic E-state index is -0.400. The molecule has 2 aliphatic carbocycles. The number of allylic oxidation sites excluding steroid dienone is 4. The highest BCUT2D eigenvalue weighted by Gasteiger charge is 2.40. The summed E-state index contributed by atoms with van der Waals surface area (Å²) in [6.45, 7) is 2.19. The van der Waals surface area contributed by atoms with E-state index in [1.54, 1.807) is 0 Å². The Labute approximate surface area is 147 Å². The van der Waals surface area contributed by atoms with E-state index in [4.69, 9.17) is 0 Å². The lowest BCUT2D eigenvalue weighted by molar-refractivity contribution is 0.278. The molecule has 1 heteroatoms. The first-order valence-electron chi connectivity index (χ1n) is 9.62. The molecule has 0 aliphatic heterocycles. The Bertz CT molecular complexity index is 612. The van der Waals surface area contributed by atoms with Gasteiger partial charge in [0.1, 0.15) is 0 Å². The van der Waals surface area contributed by atoms with Crippen LogP contribution in [-0.4, -0.2) is 0 Å². The van der Waals surface area contributed by atoms with Crippen LogP contribution >= 0.6 is 0 Å². The van der Waals surface area contributed by atoms with Gasteiger partial charge in [0.15, 0.2) is 0 Å². The maximum atomic E-state index is 9.77. The largest absolute Gasteiger partial charge is 0.197 e. The predicted octanol–water partition coefficient (Wildman–Crippen LogP) is 6.33. The van der Waals surface area contributed by atoms with Crippen molar-refractivity contribution in [3.8, 4) is 6.07 Å². The van der Waals surface area contributed by atoms with Gasteiger partial charge in [-0.25, -0.2) is 0 Å². The average Bonchev–Trinajstić information content (AvgIpc) is 2.68. The van der Waals surface area contributed by atoms with Crippen molar-refractivity contribution in [3.63, 3.8) is 0 Å². The molecule has 0 aromatic heterocycles. The van der Waals surface area contributed by atoms with E-state index < -0.39 is 5.41 Å². The normalized spacial score (nSPS) is 30.2. The maximum Gasteiger partial charge on any atom is 0.0934 e. The molecule has 1 nitrogen and oxygen atoms in total. The highest BCUT2D eigenvalue weighted by Crippen LogP contribution is 2.47. The summed E-state index contributed by atoms with van der Waals surface area (Å²) in [7, 11) is 0. The number of rotatable bonds is 5. The highest BCUT2D eigenvalue weighted by atomic mass is 14.4. The van der Waals surface area contributed by atoms with Gasteiger partial charge < -0.3 is 0 Å². The summed E-state index contributed by atoms with van der Waals surface area (Å²) in [6, 6.07) is 13.5. The smallest absolute Gasteiger partial charge is 0.0934 e. The van der Waals surface area contributed by atoms with Crippen LogP contribution in [0.2, 0.25) is 0 Å². The van der Waals surface area contributed by atoms with Crippen molar-refractivity contribution in [1.29, 1.82) is 5.26 Å². The molecule has 24 heavy (non-hydrogen) atoms. The first kappa shape index (κ1) is 17.0. The molecule has 1 saturated carbocycles. The average molecular weight is 319 g/mol. The van der Waals surface area contributed by atoms with Crippen LogP contribution in [0.3, 0.4) is 0 Å². The van der Waals surface area contributed by atoms with Crippen molar-refractivity contribution in [3.05, 3.63) is 60.2 Å². The molecular weight excluding hydrogens is 290 g/mol. The van der Waals surface area contributed by atoms with Gasteiger partial charge in [0.25, 0.3) is 0 Å². The fourth-order valence-electron chi connectivity index (χ4n) is 4.46. The van der Waals surface area contributed by atoms with Crippen LogP contribution in [0.5, 0.6) is 0 Å². The second-order valence-corrected chi connectivity index (χ2v) is 7.56. The zero-order valence-corrected chi connectivity index (χ0v) is 14.9. The van der Waals surface area contributed by atoms with Crippen LogP contribution < -0.4 is 0 Å². The summed E-state index contributed by atoms with van der Waals surface area (Å²) in [6.07, 6.45) is 19.0. The maximum absolute atomic E-state index is 9.77. The number of nitriles is 1. The Balaban J connectivity index is 1.97. The van der Waals surface area contributed by atoms with Crippen molar-refractivity contribution in [2.75, 3.05) is 0 Å². The number of unbranched alkanes of at least 4 members (excludes halogenated alkanes) is 1. The molecule has 0 spiro atoms. The van der Waals surface area contributed by atoms with Crippen LogP contribution in [0.25, 0.3) is 0 Å². The minimum absolute atomic E-state index is 0.0196. The summed E-state index contributed by atoms with van der Waals surface area (Å²) in [5.74, 6) is 0.656. The zero-order chi connectivity index (χ0) is 16.9. The molecule has 0 heterocycles. The molecule has 1 aromatic carbocycles. The number of benzene rings is 1. The van der Waals surface area contributed by atoms with Gasteiger partial charge in [0.05, 0.1) is 11.5 Å². The van der Waals surface area contributed by atoms with Crippen molar-refractivity contribution < 1.29 is 0 Å². The van der Waals surface area contributed by atoms with Gasteiger partial charge in [-0.15, -0.1) is 0 Å². The molecule has 2 aliphatic rings. The van der Waals surface area contributed by atoms with E-state index in [1.165, 1.54) is 37.7 Å². The van der Waals surface area contributed by atoms with Gasteiger partial charge in [-0.3, -0.25) is 0 Å². The number of hydrogen-bond donors (Lipinski definition) is 0. The standard InChI is InChI=1S/C23H29N/c1-2-3-14-22(19-24)15-17-23(18-16-22,20-10-6-4-7-11-20)21-12-8-5-9-13-21/h4,6-7,10-11,15-18,21H,2-3,5,8-9,12-14H2,1H3. The molecule has 1 fully saturated rings. The van der Waals surface area contributed by atoms with Crippen molar-refractivity contribution in [1.82, 2.24) is 0 Å². The van der Waals surface area contributed by atoms with Gasteiger partial charge in [0.2, 0.25) is 0 Å². The summed E-state index contributed by atoms with van der Waals surface area (Å²) in [4.78, 5) is 0. The van der Waals surface area contributed by atoms with Crippen LogP contribution in [0, 0.1) is 22.7 Å². The molecule has 126 valence electrons. The Morgan fingerprint density at radius 1 is 1.00 bits per heavy atom. The third-order valence-electron chi connectivity index (χ3n) is 6.02. The number of hydrogen-bond acceptors (Lipinski definition) is 1. The summed E-state index contributed by atoms with van der Waals surface area (Å²) in [5.41, 5.74) is 0.962. The first-order valence-corrected chi connectivity index (χ1v) is 9.62. The highest BCUT2D eigenvalue weighted by molar-refractivity contribution is 5.44. The molecule has 0 amide bonds. The molecule has 3 rings (SSSR count). The third kappa shape index (κ3) is 3.20. The summed E-state index contributed by atoms with van der Waals surface area (Å²) in [5, 5.41) is 9.77. The zero-order valence-electron chi connectivity index (χ0n) is 14.9. The van der Waals surface area contributed by atoms with E-state index in [0.717, 1.165) is 19.3 Å². The molecule has 0 bridgehead atoms. The number of nitrogens with zero attached hydrogens (tertiary/aromatic N) is 1. The van der Waals surface area contributed by atoms with Gasteiger partial charge in [-0.05, 0) is 30.7 Å². The van der Waals surface area contributed by atoms with Crippen LogP contribution in [0.4, 0.5) is 0 Å². The molecule has 1 aromatic rings. The van der Waals surface area contributed by atoms with Gasteiger partial charge in [-0.2, -0.15) is 5.26 Å². The van der Waals surface area contributed by atoms with Gasteiger partial charge in [0, 0.05) is 5.41 Å². The molecule has 0 unspecified atom stereocenters. The molecule has 0 saturated heterocycles. The summed E-state index contributed by atoms with van der Waals surface area (Å²) >= 11 is 0. The van der Waals surface area contributed by atoms with E-state index in [2.05, 4.69) is 67.6 Å². The van der Waals surface area contributed by atoms with Crippen LogP contribution in [-0.2, 0) is 5.41 Å². The Morgan fingerprint density at radius 2 is 1.67 bits per heavy atom. The Hall–Kier alpha value is -1.81. The van der Waals surface area contributed by atoms with E-state index in [1.807, 2.05) is 0 Å². The lowest BCUT2D eigenvalue weighted by atomic mass is 9.61. The molecule has 0 N–H and O–H groups in total. The second-order valence-electron chi connectivity index (χ2n) is 7.56. The fourth-order valence-corrected chi connectivity index (χ4v) is 4.46. The Kier molecular flexibility index (Phi) is 5.24. The minimum Gasteiger partial charge on any atom is -0.197 e. The second kappa shape index (κ2) is 7.39.